The van der Waals surface area contributed by atoms with E-state index in [1.54, 1.807) is 0 Å². The SMILES string of the molecule is c1cnn(CCNCc2ccn(C3CCCC3)n2)c1. The van der Waals surface area contributed by atoms with E-state index in [4.69, 9.17) is 0 Å². The van der Waals surface area contributed by atoms with Crippen molar-refractivity contribution in [2.24, 2.45) is 0 Å². The van der Waals surface area contributed by atoms with Crippen molar-refractivity contribution in [2.45, 2.75) is 44.8 Å². The summed E-state index contributed by atoms with van der Waals surface area (Å²) in [7, 11) is 0. The summed E-state index contributed by atoms with van der Waals surface area (Å²) in [6.07, 6.45) is 11.2. The van der Waals surface area contributed by atoms with Crippen molar-refractivity contribution in [1.82, 2.24) is 24.9 Å². The van der Waals surface area contributed by atoms with E-state index in [2.05, 4.69) is 32.5 Å². The fourth-order valence-electron chi connectivity index (χ4n) is 2.69. The second kappa shape index (κ2) is 6.02. The summed E-state index contributed by atoms with van der Waals surface area (Å²) >= 11 is 0. The third-order valence-electron chi connectivity index (χ3n) is 3.75. The minimum atomic E-state index is 0.637. The quantitative estimate of drug-likeness (QED) is 0.807. The Morgan fingerprint density at radius 2 is 2.16 bits per heavy atom. The van der Waals surface area contributed by atoms with Crippen LogP contribution in [-0.2, 0) is 13.1 Å². The van der Waals surface area contributed by atoms with Crippen LogP contribution in [0.4, 0.5) is 0 Å². The molecule has 2 aromatic heterocycles. The number of hydrogen-bond acceptors (Lipinski definition) is 3. The van der Waals surface area contributed by atoms with Crippen molar-refractivity contribution in [3.8, 4) is 0 Å². The molecule has 5 nitrogen and oxygen atoms in total. The second-order valence-corrected chi connectivity index (χ2v) is 5.17. The molecule has 1 saturated carbocycles. The average molecular weight is 259 g/mol. The van der Waals surface area contributed by atoms with E-state index in [0.717, 1.165) is 25.3 Å². The molecular weight excluding hydrogens is 238 g/mol. The predicted molar refractivity (Wildman–Crippen MR) is 73.7 cm³/mol. The van der Waals surface area contributed by atoms with Gasteiger partial charge in [-0.05, 0) is 25.0 Å². The van der Waals surface area contributed by atoms with Crippen LogP contribution in [0.5, 0.6) is 0 Å². The minimum absolute atomic E-state index is 0.637. The predicted octanol–water partition coefficient (Wildman–Crippen LogP) is 1.98. The van der Waals surface area contributed by atoms with E-state index in [0.29, 0.717) is 6.04 Å². The van der Waals surface area contributed by atoms with Crippen molar-refractivity contribution in [3.05, 3.63) is 36.4 Å². The van der Waals surface area contributed by atoms with Gasteiger partial charge >= 0.3 is 0 Å². The van der Waals surface area contributed by atoms with Gasteiger partial charge in [0, 0.05) is 31.7 Å². The number of hydrogen-bond donors (Lipinski definition) is 1. The van der Waals surface area contributed by atoms with E-state index in [9.17, 15) is 0 Å². The fourth-order valence-corrected chi connectivity index (χ4v) is 2.69. The van der Waals surface area contributed by atoms with E-state index in [1.165, 1.54) is 25.7 Å². The first-order chi connectivity index (χ1) is 9.42. The monoisotopic (exact) mass is 259 g/mol. The number of rotatable bonds is 6. The highest BCUT2D eigenvalue weighted by Gasteiger charge is 2.17. The first-order valence-electron chi connectivity index (χ1n) is 7.14. The molecule has 2 heterocycles. The Morgan fingerprint density at radius 3 is 2.95 bits per heavy atom. The summed E-state index contributed by atoms with van der Waals surface area (Å²) in [6.45, 7) is 2.65. The highest BCUT2D eigenvalue weighted by atomic mass is 15.3. The summed E-state index contributed by atoms with van der Waals surface area (Å²) in [4.78, 5) is 0. The van der Waals surface area contributed by atoms with E-state index in [-0.39, 0.29) is 0 Å². The summed E-state index contributed by atoms with van der Waals surface area (Å²) < 4.78 is 4.08. The molecule has 3 rings (SSSR count). The zero-order valence-electron chi connectivity index (χ0n) is 11.2. The lowest BCUT2D eigenvalue weighted by Gasteiger charge is -2.09. The Labute approximate surface area is 113 Å². The van der Waals surface area contributed by atoms with Gasteiger partial charge in [0.15, 0.2) is 0 Å². The molecule has 0 atom stereocenters. The maximum atomic E-state index is 4.66. The average Bonchev–Trinajstić information content (AvgIpc) is 3.15. The maximum Gasteiger partial charge on any atom is 0.0762 e. The molecule has 1 fully saturated rings. The molecule has 102 valence electrons. The van der Waals surface area contributed by atoms with E-state index >= 15 is 0 Å². The lowest BCUT2D eigenvalue weighted by atomic mass is 10.3. The Kier molecular flexibility index (Phi) is 3.93. The molecule has 0 aromatic carbocycles. The van der Waals surface area contributed by atoms with Crippen molar-refractivity contribution in [1.29, 1.82) is 0 Å². The Morgan fingerprint density at radius 1 is 1.26 bits per heavy atom. The van der Waals surface area contributed by atoms with Gasteiger partial charge < -0.3 is 5.32 Å². The molecule has 1 N–H and O–H groups in total. The smallest absolute Gasteiger partial charge is 0.0762 e. The number of aromatic nitrogens is 4. The van der Waals surface area contributed by atoms with Crippen molar-refractivity contribution >= 4 is 0 Å². The van der Waals surface area contributed by atoms with Crippen LogP contribution in [0.3, 0.4) is 0 Å². The van der Waals surface area contributed by atoms with Crippen LogP contribution in [-0.4, -0.2) is 26.1 Å². The van der Waals surface area contributed by atoms with Crippen LogP contribution in [0.1, 0.15) is 37.4 Å². The zero-order valence-corrected chi connectivity index (χ0v) is 11.2. The Bertz CT molecular complexity index is 482. The van der Waals surface area contributed by atoms with Gasteiger partial charge in [-0.3, -0.25) is 9.36 Å². The third-order valence-corrected chi connectivity index (χ3v) is 3.75. The molecular formula is C14H21N5. The fraction of sp³-hybridized carbons (Fsp3) is 0.571. The molecule has 0 bridgehead atoms. The highest BCUT2D eigenvalue weighted by Crippen LogP contribution is 2.28. The molecule has 1 aliphatic carbocycles. The first kappa shape index (κ1) is 12.4. The molecule has 2 aromatic rings. The normalized spacial score (nSPS) is 16.2. The van der Waals surface area contributed by atoms with Crippen LogP contribution in [0, 0.1) is 0 Å². The van der Waals surface area contributed by atoms with E-state index < -0.39 is 0 Å². The molecule has 1 aliphatic rings. The molecule has 5 heteroatoms. The van der Waals surface area contributed by atoms with Gasteiger partial charge in [0.2, 0.25) is 0 Å². The number of nitrogens with one attached hydrogen (secondary N) is 1. The molecule has 0 unspecified atom stereocenters. The largest absolute Gasteiger partial charge is 0.309 e. The molecule has 0 spiro atoms. The van der Waals surface area contributed by atoms with Crippen LogP contribution in [0.2, 0.25) is 0 Å². The van der Waals surface area contributed by atoms with Crippen LogP contribution in [0.15, 0.2) is 30.7 Å². The number of nitrogens with zero attached hydrogens (tertiary/aromatic N) is 4. The summed E-state index contributed by atoms with van der Waals surface area (Å²) in [5.41, 5.74) is 1.13. The lowest BCUT2D eigenvalue weighted by Crippen LogP contribution is -2.20. The highest BCUT2D eigenvalue weighted by molar-refractivity contribution is 4.99. The molecule has 0 amide bonds. The zero-order chi connectivity index (χ0) is 12.9. The Balaban J connectivity index is 1.42. The molecule has 0 saturated heterocycles. The third kappa shape index (κ3) is 3.23. The van der Waals surface area contributed by atoms with Gasteiger partial charge in [-0.15, -0.1) is 0 Å². The molecule has 0 radical (unpaired) electrons. The molecule has 19 heavy (non-hydrogen) atoms. The van der Waals surface area contributed by atoms with Gasteiger partial charge in [0.25, 0.3) is 0 Å². The van der Waals surface area contributed by atoms with Crippen molar-refractivity contribution in [3.63, 3.8) is 0 Å². The first-order valence-corrected chi connectivity index (χ1v) is 7.14. The van der Waals surface area contributed by atoms with Crippen molar-refractivity contribution < 1.29 is 0 Å². The van der Waals surface area contributed by atoms with Crippen LogP contribution >= 0.6 is 0 Å². The maximum absolute atomic E-state index is 4.66. The summed E-state index contributed by atoms with van der Waals surface area (Å²) in [5, 5.41) is 12.2. The van der Waals surface area contributed by atoms with Gasteiger partial charge in [0.05, 0.1) is 18.3 Å². The standard InChI is InChI=1S/C14H21N5/c1-2-5-14(4-1)19-10-6-13(17-19)12-15-8-11-18-9-3-7-16-18/h3,6-7,9-10,14-15H,1-2,4-5,8,11-12H2. The van der Waals surface area contributed by atoms with Gasteiger partial charge in [-0.2, -0.15) is 10.2 Å². The summed E-state index contributed by atoms with van der Waals surface area (Å²) in [6, 6.07) is 4.71. The minimum Gasteiger partial charge on any atom is -0.309 e. The topological polar surface area (TPSA) is 47.7 Å². The van der Waals surface area contributed by atoms with E-state index in [1.807, 2.05) is 23.1 Å². The summed E-state index contributed by atoms with van der Waals surface area (Å²) in [5.74, 6) is 0. The van der Waals surface area contributed by atoms with Crippen molar-refractivity contribution in [2.75, 3.05) is 6.54 Å². The Hall–Kier alpha value is -1.62. The van der Waals surface area contributed by atoms with Gasteiger partial charge in [0.1, 0.15) is 0 Å². The molecule has 0 aliphatic heterocycles. The van der Waals surface area contributed by atoms with Gasteiger partial charge in [-0.1, -0.05) is 12.8 Å². The second-order valence-electron chi connectivity index (χ2n) is 5.17. The van der Waals surface area contributed by atoms with Crippen LogP contribution in [0.25, 0.3) is 0 Å². The lowest BCUT2D eigenvalue weighted by molar-refractivity contribution is 0.459. The van der Waals surface area contributed by atoms with Gasteiger partial charge in [-0.25, -0.2) is 0 Å². The van der Waals surface area contributed by atoms with Crippen LogP contribution < -0.4 is 5.32 Å².